The molecule has 0 aromatic heterocycles. The van der Waals surface area contributed by atoms with Crippen molar-refractivity contribution in [3.8, 4) is 0 Å². The van der Waals surface area contributed by atoms with E-state index < -0.39 is 0 Å². The number of anilines is 1. The molecule has 1 aromatic rings. The van der Waals surface area contributed by atoms with Gasteiger partial charge in [-0.15, -0.1) is 0 Å². The highest BCUT2D eigenvalue weighted by atomic mass is 15.3. The molecule has 0 spiro atoms. The molecule has 0 saturated carbocycles. The quantitative estimate of drug-likeness (QED) is 0.901. The van der Waals surface area contributed by atoms with Crippen LogP contribution in [0.1, 0.15) is 25.3 Å². The smallest absolute Gasteiger partial charge is 0.0501 e. The number of hydrogen-bond donors (Lipinski definition) is 1. The zero-order valence-electron chi connectivity index (χ0n) is 12.5. The molecule has 106 valence electrons. The number of rotatable bonds is 4. The summed E-state index contributed by atoms with van der Waals surface area (Å²) in [7, 11) is 4.31. The number of likely N-dealkylation sites (N-methyl/N-ethyl adjacent to an activating group) is 1. The van der Waals surface area contributed by atoms with Crippen molar-refractivity contribution in [3.63, 3.8) is 0 Å². The topological polar surface area (TPSA) is 32.5 Å². The van der Waals surface area contributed by atoms with Gasteiger partial charge in [0.05, 0.1) is 5.54 Å². The van der Waals surface area contributed by atoms with E-state index in [9.17, 15) is 0 Å². The summed E-state index contributed by atoms with van der Waals surface area (Å²) in [6, 6.07) is 8.77. The van der Waals surface area contributed by atoms with Gasteiger partial charge in [-0.1, -0.05) is 25.1 Å². The highest BCUT2D eigenvalue weighted by Gasteiger charge is 2.36. The number of nitrogens with two attached hydrogens (primary N) is 1. The van der Waals surface area contributed by atoms with Crippen LogP contribution in [0.15, 0.2) is 24.3 Å². The minimum absolute atomic E-state index is 0.124. The van der Waals surface area contributed by atoms with Gasteiger partial charge in [0.15, 0.2) is 0 Å². The lowest BCUT2D eigenvalue weighted by atomic mass is 9.87. The fraction of sp³-hybridized carbons (Fsp3) is 0.625. The van der Waals surface area contributed by atoms with E-state index in [2.05, 4.69) is 55.1 Å². The van der Waals surface area contributed by atoms with E-state index in [-0.39, 0.29) is 5.54 Å². The third-order valence-electron chi connectivity index (χ3n) is 4.60. The summed E-state index contributed by atoms with van der Waals surface area (Å²) in [6.07, 6.45) is 3.50. The van der Waals surface area contributed by atoms with E-state index >= 15 is 0 Å². The maximum atomic E-state index is 6.08. The third kappa shape index (κ3) is 2.77. The molecule has 3 nitrogen and oxygen atoms in total. The van der Waals surface area contributed by atoms with Crippen LogP contribution in [0.3, 0.4) is 0 Å². The molecule has 2 N–H and O–H groups in total. The molecular weight excluding hydrogens is 234 g/mol. The lowest BCUT2D eigenvalue weighted by molar-refractivity contribution is 0.135. The molecule has 1 aliphatic rings. The highest BCUT2D eigenvalue weighted by Crippen LogP contribution is 2.30. The van der Waals surface area contributed by atoms with Gasteiger partial charge in [-0.05, 0) is 45.0 Å². The molecule has 0 amide bonds. The second-order valence-electron chi connectivity index (χ2n) is 5.83. The molecule has 0 bridgehead atoms. The number of piperidine rings is 1. The van der Waals surface area contributed by atoms with E-state index in [1.165, 1.54) is 24.1 Å². The maximum absolute atomic E-state index is 6.08. The molecule has 1 saturated heterocycles. The van der Waals surface area contributed by atoms with E-state index in [1.54, 1.807) is 0 Å². The van der Waals surface area contributed by atoms with Crippen LogP contribution < -0.4 is 10.6 Å². The van der Waals surface area contributed by atoms with Crippen LogP contribution in [-0.4, -0.2) is 44.2 Å². The van der Waals surface area contributed by atoms with Gasteiger partial charge in [-0.25, -0.2) is 0 Å². The first-order valence-corrected chi connectivity index (χ1v) is 7.33. The van der Waals surface area contributed by atoms with Crippen LogP contribution in [0.25, 0.3) is 0 Å². The van der Waals surface area contributed by atoms with Crippen LogP contribution in [0.4, 0.5) is 5.69 Å². The molecule has 3 heteroatoms. The Bertz CT molecular complexity index is 416. The molecule has 0 aliphatic carbocycles. The Morgan fingerprint density at radius 3 is 2.68 bits per heavy atom. The Hall–Kier alpha value is -1.06. The van der Waals surface area contributed by atoms with Crippen molar-refractivity contribution in [1.82, 2.24) is 4.90 Å². The van der Waals surface area contributed by atoms with Crippen molar-refractivity contribution in [1.29, 1.82) is 0 Å². The predicted octanol–water partition coefficient (Wildman–Crippen LogP) is 2.11. The molecule has 0 radical (unpaired) electrons. The first kappa shape index (κ1) is 14.4. The summed E-state index contributed by atoms with van der Waals surface area (Å²) in [5.41, 5.74) is 9.04. The van der Waals surface area contributed by atoms with Gasteiger partial charge in [0.2, 0.25) is 0 Å². The molecule has 1 atom stereocenters. The van der Waals surface area contributed by atoms with Gasteiger partial charge in [0.1, 0.15) is 0 Å². The van der Waals surface area contributed by atoms with E-state index in [0.29, 0.717) is 0 Å². The standard InChI is InChI=1S/C16H27N3/c1-4-14-8-5-6-9-15(14)19-11-7-10-16(12-17,13-19)18(2)3/h5-6,8-9H,4,7,10-13,17H2,1-3H3. The van der Waals surface area contributed by atoms with Crippen LogP contribution in [-0.2, 0) is 6.42 Å². The van der Waals surface area contributed by atoms with Gasteiger partial charge in [-0.3, -0.25) is 0 Å². The third-order valence-corrected chi connectivity index (χ3v) is 4.60. The van der Waals surface area contributed by atoms with Crippen molar-refractivity contribution < 1.29 is 0 Å². The fourth-order valence-corrected chi connectivity index (χ4v) is 3.15. The van der Waals surface area contributed by atoms with Gasteiger partial charge in [0, 0.05) is 25.3 Å². The number of aryl methyl sites for hydroxylation is 1. The highest BCUT2D eigenvalue weighted by molar-refractivity contribution is 5.54. The van der Waals surface area contributed by atoms with Crippen molar-refractivity contribution in [2.24, 2.45) is 5.73 Å². The molecule has 2 rings (SSSR count). The lowest BCUT2D eigenvalue weighted by Gasteiger charge is -2.47. The van der Waals surface area contributed by atoms with E-state index in [4.69, 9.17) is 5.73 Å². The molecule has 1 aromatic carbocycles. The zero-order chi connectivity index (χ0) is 13.9. The Morgan fingerprint density at radius 2 is 2.05 bits per heavy atom. The lowest BCUT2D eigenvalue weighted by Crippen LogP contribution is -2.60. The summed E-state index contributed by atoms with van der Waals surface area (Å²) in [5, 5.41) is 0. The fourth-order valence-electron chi connectivity index (χ4n) is 3.15. The summed E-state index contributed by atoms with van der Waals surface area (Å²) in [4.78, 5) is 4.84. The van der Waals surface area contributed by atoms with Gasteiger partial charge in [-0.2, -0.15) is 0 Å². The first-order chi connectivity index (χ1) is 9.13. The number of benzene rings is 1. The second kappa shape index (κ2) is 5.93. The van der Waals surface area contributed by atoms with E-state index in [1.807, 2.05) is 0 Å². The predicted molar refractivity (Wildman–Crippen MR) is 82.7 cm³/mol. The Morgan fingerprint density at radius 1 is 1.32 bits per heavy atom. The minimum atomic E-state index is 0.124. The van der Waals surface area contributed by atoms with Crippen LogP contribution in [0.2, 0.25) is 0 Å². The second-order valence-corrected chi connectivity index (χ2v) is 5.83. The van der Waals surface area contributed by atoms with E-state index in [0.717, 1.165) is 26.1 Å². The molecular formula is C16H27N3. The number of hydrogen-bond acceptors (Lipinski definition) is 3. The van der Waals surface area contributed by atoms with Crippen LogP contribution in [0, 0.1) is 0 Å². The average molecular weight is 261 g/mol. The van der Waals surface area contributed by atoms with Crippen molar-refractivity contribution in [3.05, 3.63) is 29.8 Å². The summed E-state index contributed by atoms with van der Waals surface area (Å²) < 4.78 is 0. The van der Waals surface area contributed by atoms with Crippen LogP contribution >= 0.6 is 0 Å². The van der Waals surface area contributed by atoms with Gasteiger partial charge < -0.3 is 15.5 Å². The summed E-state index contributed by atoms with van der Waals surface area (Å²) >= 11 is 0. The number of nitrogens with zero attached hydrogens (tertiary/aromatic N) is 2. The molecule has 1 fully saturated rings. The van der Waals surface area contributed by atoms with Gasteiger partial charge >= 0.3 is 0 Å². The normalized spacial score (nSPS) is 23.9. The average Bonchev–Trinajstić information content (AvgIpc) is 2.47. The van der Waals surface area contributed by atoms with Gasteiger partial charge in [0.25, 0.3) is 0 Å². The van der Waals surface area contributed by atoms with Crippen LogP contribution in [0.5, 0.6) is 0 Å². The maximum Gasteiger partial charge on any atom is 0.0501 e. The molecule has 1 heterocycles. The summed E-state index contributed by atoms with van der Waals surface area (Å²) in [5.74, 6) is 0. The molecule has 1 aliphatic heterocycles. The SMILES string of the molecule is CCc1ccccc1N1CCCC(CN)(N(C)C)C1. The minimum Gasteiger partial charge on any atom is -0.369 e. The molecule has 1 unspecified atom stereocenters. The summed E-state index contributed by atoms with van der Waals surface area (Å²) in [6.45, 7) is 5.13. The largest absolute Gasteiger partial charge is 0.369 e. The number of para-hydroxylation sites is 1. The van der Waals surface area contributed by atoms with Crippen molar-refractivity contribution in [2.45, 2.75) is 31.7 Å². The Labute approximate surface area is 117 Å². The Kier molecular flexibility index (Phi) is 4.48. The first-order valence-electron chi connectivity index (χ1n) is 7.33. The van der Waals surface area contributed by atoms with Crippen molar-refractivity contribution in [2.75, 3.05) is 38.6 Å². The monoisotopic (exact) mass is 261 g/mol. The molecule has 19 heavy (non-hydrogen) atoms. The van der Waals surface area contributed by atoms with Crippen molar-refractivity contribution >= 4 is 5.69 Å². The Balaban J connectivity index is 2.26. The zero-order valence-corrected chi connectivity index (χ0v) is 12.5.